The molecule has 1 aliphatic heterocycles. The van der Waals surface area contributed by atoms with E-state index >= 15 is 0 Å². The van der Waals surface area contributed by atoms with Gasteiger partial charge in [-0.3, -0.25) is 4.79 Å². The van der Waals surface area contributed by atoms with Gasteiger partial charge in [0.1, 0.15) is 0 Å². The molecule has 0 aliphatic carbocycles. The fourth-order valence-corrected chi connectivity index (χ4v) is 2.40. The Morgan fingerprint density at radius 3 is 2.94 bits per heavy atom. The predicted molar refractivity (Wildman–Crippen MR) is 73.6 cm³/mol. The van der Waals surface area contributed by atoms with Crippen molar-refractivity contribution in [3.63, 3.8) is 0 Å². The average molecular weight is 256 g/mol. The van der Waals surface area contributed by atoms with E-state index in [1.54, 1.807) is 0 Å². The van der Waals surface area contributed by atoms with E-state index in [9.17, 15) is 4.79 Å². The van der Waals surface area contributed by atoms with Gasteiger partial charge in [-0.05, 0) is 45.8 Å². The van der Waals surface area contributed by atoms with Crippen LogP contribution in [-0.2, 0) is 9.53 Å². The van der Waals surface area contributed by atoms with E-state index in [1.807, 2.05) is 6.92 Å². The largest absolute Gasteiger partial charge is 0.466 e. The van der Waals surface area contributed by atoms with Gasteiger partial charge in [-0.25, -0.2) is 0 Å². The van der Waals surface area contributed by atoms with Crippen molar-refractivity contribution in [1.29, 1.82) is 0 Å². The van der Waals surface area contributed by atoms with E-state index in [0.29, 0.717) is 12.6 Å². The molecule has 1 N–H and O–H groups in total. The lowest BCUT2D eigenvalue weighted by Crippen LogP contribution is -2.40. The Hall–Kier alpha value is -0.610. The predicted octanol–water partition coefficient (Wildman–Crippen LogP) is 1.65. The second-order valence-electron chi connectivity index (χ2n) is 5.35. The fraction of sp³-hybridized carbons (Fsp3) is 0.929. The van der Waals surface area contributed by atoms with Crippen LogP contribution in [0.15, 0.2) is 0 Å². The van der Waals surface area contributed by atoms with E-state index in [0.717, 1.165) is 45.4 Å². The Morgan fingerprint density at radius 2 is 2.28 bits per heavy atom. The molecule has 0 amide bonds. The normalized spacial score (nSPS) is 21.2. The number of piperidine rings is 1. The summed E-state index contributed by atoms with van der Waals surface area (Å²) in [5.41, 5.74) is 0. The third kappa shape index (κ3) is 5.83. The van der Waals surface area contributed by atoms with Crippen molar-refractivity contribution in [2.45, 2.75) is 46.1 Å². The molecule has 0 bridgehead atoms. The SMILES string of the molecule is CCOC(=O)C1CCCN(CCCNC(C)C)C1. The Morgan fingerprint density at radius 1 is 1.50 bits per heavy atom. The lowest BCUT2D eigenvalue weighted by atomic mass is 9.98. The first-order chi connectivity index (χ1) is 8.63. The van der Waals surface area contributed by atoms with Crippen LogP contribution in [0.2, 0.25) is 0 Å². The molecule has 0 aromatic heterocycles. The van der Waals surface area contributed by atoms with Crippen molar-refractivity contribution in [3.8, 4) is 0 Å². The van der Waals surface area contributed by atoms with Gasteiger partial charge in [0, 0.05) is 12.6 Å². The number of nitrogens with one attached hydrogen (secondary N) is 1. The fourth-order valence-electron chi connectivity index (χ4n) is 2.40. The number of ether oxygens (including phenoxy) is 1. The summed E-state index contributed by atoms with van der Waals surface area (Å²) in [6.07, 6.45) is 3.24. The van der Waals surface area contributed by atoms with E-state index in [4.69, 9.17) is 4.74 Å². The quantitative estimate of drug-likeness (QED) is 0.555. The number of nitrogens with zero attached hydrogens (tertiary/aromatic N) is 1. The lowest BCUT2D eigenvalue weighted by Gasteiger charge is -2.31. The average Bonchev–Trinajstić information content (AvgIpc) is 2.35. The van der Waals surface area contributed by atoms with E-state index in [1.165, 1.54) is 0 Å². The first-order valence-electron chi connectivity index (χ1n) is 7.25. The molecule has 1 heterocycles. The van der Waals surface area contributed by atoms with Crippen molar-refractivity contribution >= 4 is 5.97 Å². The van der Waals surface area contributed by atoms with Crippen LogP contribution < -0.4 is 5.32 Å². The van der Waals surface area contributed by atoms with Crippen LogP contribution in [0.4, 0.5) is 0 Å². The number of rotatable bonds is 7. The van der Waals surface area contributed by atoms with Crippen LogP contribution in [0.5, 0.6) is 0 Å². The third-order valence-electron chi connectivity index (χ3n) is 3.33. The molecule has 1 rings (SSSR count). The topological polar surface area (TPSA) is 41.6 Å². The molecule has 0 spiro atoms. The molecular weight excluding hydrogens is 228 g/mol. The highest BCUT2D eigenvalue weighted by atomic mass is 16.5. The van der Waals surface area contributed by atoms with Crippen molar-refractivity contribution in [3.05, 3.63) is 0 Å². The minimum atomic E-state index is -0.0116. The number of likely N-dealkylation sites (tertiary alicyclic amines) is 1. The molecule has 1 atom stereocenters. The second-order valence-corrected chi connectivity index (χ2v) is 5.35. The molecule has 1 fully saturated rings. The van der Waals surface area contributed by atoms with Gasteiger partial charge in [0.15, 0.2) is 0 Å². The second kappa shape index (κ2) is 8.48. The zero-order chi connectivity index (χ0) is 13.4. The molecule has 0 saturated carbocycles. The third-order valence-corrected chi connectivity index (χ3v) is 3.33. The molecule has 0 radical (unpaired) electrons. The maximum atomic E-state index is 11.7. The highest BCUT2D eigenvalue weighted by Crippen LogP contribution is 2.17. The maximum Gasteiger partial charge on any atom is 0.310 e. The van der Waals surface area contributed by atoms with Crippen molar-refractivity contribution in [2.24, 2.45) is 5.92 Å². The molecule has 1 aliphatic rings. The van der Waals surface area contributed by atoms with Gasteiger partial charge in [-0.15, -0.1) is 0 Å². The van der Waals surface area contributed by atoms with E-state index in [-0.39, 0.29) is 11.9 Å². The number of carbonyl (C=O) groups excluding carboxylic acids is 1. The van der Waals surface area contributed by atoms with Crippen LogP contribution >= 0.6 is 0 Å². The number of carbonyl (C=O) groups is 1. The van der Waals surface area contributed by atoms with E-state index in [2.05, 4.69) is 24.1 Å². The molecule has 0 aromatic rings. The zero-order valence-electron chi connectivity index (χ0n) is 12.1. The van der Waals surface area contributed by atoms with Crippen LogP contribution in [0.3, 0.4) is 0 Å². The lowest BCUT2D eigenvalue weighted by molar-refractivity contribution is -0.149. The standard InChI is InChI=1S/C14H28N2O2/c1-4-18-14(17)13-7-5-9-16(11-13)10-6-8-15-12(2)3/h12-13,15H,4-11H2,1-3H3. The molecule has 4 nitrogen and oxygen atoms in total. The summed E-state index contributed by atoms with van der Waals surface area (Å²) in [5.74, 6) is 0.0827. The maximum absolute atomic E-state index is 11.7. The monoisotopic (exact) mass is 256 g/mol. The van der Waals surface area contributed by atoms with Gasteiger partial charge in [0.05, 0.1) is 12.5 Å². The highest BCUT2D eigenvalue weighted by Gasteiger charge is 2.26. The summed E-state index contributed by atoms with van der Waals surface area (Å²) in [6, 6.07) is 0.554. The van der Waals surface area contributed by atoms with Crippen molar-refractivity contribution in [1.82, 2.24) is 10.2 Å². The molecule has 1 saturated heterocycles. The van der Waals surface area contributed by atoms with Gasteiger partial charge in [0.2, 0.25) is 0 Å². The molecular formula is C14H28N2O2. The van der Waals surface area contributed by atoms with Gasteiger partial charge < -0.3 is 15.0 Å². The van der Waals surface area contributed by atoms with Crippen molar-refractivity contribution in [2.75, 3.05) is 32.8 Å². The molecule has 106 valence electrons. The van der Waals surface area contributed by atoms with Gasteiger partial charge in [-0.2, -0.15) is 0 Å². The molecule has 4 heteroatoms. The van der Waals surface area contributed by atoms with Crippen LogP contribution in [0, 0.1) is 5.92 Å². The number of hydrogen-bond acceptors (Lipinski definition) is 4. The van der Waals surface area contributed by atoms with E-state index < -0.39 is 0 Å². The van der Waals surface area contributed by atoms with Gasteiger partial charge in [0.25, 0.3) is 0 Å². The van der Waals surface area contributed by atoms with Gasteiger partial charge >= 0.3 is 5.97 Å². The molecule has 1 unspecified atom stereocenters. The Balaban J connectivity index is 2.20. The Bertz CT molecular complexity index is 244. The first kappa shape index (κ1) is 15.4. The van der Waals surface area contributed by atoms with Gasteiger partial charge in [-0.1, -0.05) is 13.8 Å². The minimum Gasteiger partial charge on any atom is -0.466 e. The highest BCUT2D eigenvalue weighted by molar-refractivity contribution is 5.72. The van der Waals surface area contributed by atoms with Crippen LogP contribution in [0.25, 0.3) is 0 Å². The Labute approximate surface area is 111 Å². The number of esters is 1. The zero-order valence-corrected chi connectivity index (χ0v) is 12.1. The summed E-state index contributed by atoms with van der Waals surface area (Å²) in [4.78, 5) is 14.1. The summed E-state index contributed by atoms with van der Waals surface area (Å²) in [6.45, 7) is 10.8. The molecule has 18 heavy (non-hydrogen) atoms. The van der Waals surface area contributed by atoms with Crippen molar-refractivity contribution < 1.29 is 9.53 Å². The van der Waals surface area contributed by atoms with Crippen LogP contribution in [-0.4, -0.2) is 49.7 Å². The number of hydrogen-bond donors (Lipinski definition) is 1. The summed E-state index contributed by atoms with van der Waals surface area (Å²) in [5, 5.41) is 3.42. The summed E-state index contributed by atoms with van der Waals surface area (Å²) < 4.78 is 5.11. The minimum absolute atomic E-state index is 0.0116. The first-order valence-corrected chi connectivity index (χ1v) is 7.25. The molecule has 0 aromatic carbocycles. The summed E-state index contributed by atoms with van der Waals surface area (Å²) >= 11 is 0. The summed E-state index contributed by atoms with van der Waals surface area (Å²) in [7, 11) is 0. The smallest absolute Gasteiger partial charge is 0.310 e. The Kier molecular flexibility index (Phi) is 7.28. The van der Waals surface area contributed by atoms with Crippen LogP contribution in [0.1, 0.15) is 40.0 Å².